The third kappa shape index (κ3) is 14.9. The van der Waals surface area contributed by atoms with Crippen molar-refractivity contribution in [3.05, 3.63) is 0 Å². The van der Waals surface area contributed by atoms with Gasteiger partial charge in [0.15, 0.2) is 0 Å². The van der Waals surface area contributed by atoms with Crippen LogP contribution in [0.4, 0.5) is 0 Å². The summed E-state index contributed by atoms with van der Waals surface area (Å²) in [6.07, 6.45) is 4.80. The van der Waals surface area contributed by atoms with Crippen LogP contribution in [0, 0.1) is 0 Å². The molecule has 12 N–H and O–H groups in total. The molecule has 0 fully saturated rings. The Balaban J connectivity index is 5.42. The molecule has 0 aliphatic rings. The van der Waals surface area contributed by atoms with E-state index in [1.165, 1.54) is 11.8 Å². The maximum Gasteiger partial charge on any atom is 0.326 e. The number of unbranched alkanes of at least 4 members (excludes halogenated alkanes) is 2. The predicted molar refractivity (Wildman–Crippen MR) is 139 cm³/mol. The van der Waals surface area contributed by atoms with Crippen molar-refractivity contribution in [3.63, 3.8) is 0 Å². The van der Waals surface area contributed by atoms with Crippen LogP contribution < -0.4 is 38.9 Å². The smallest absolute Gasteiger partial charge is 0.326 e. The first kappa shape index (κ1) is 33.6. The van der Waals surface area contributed by atoms with Gasteiger partial charge in [0.05, 0.1) is 6.04 Å². The largest absolute Gasteiger partial charge is 0.480 e. The van der Waals surface area contributed by atoms with Crippen molar-refractivity contribution in [1.82, 2.24) is 16.0 Å². The molecule has 0 aromatic carbocycles. The zero-order valence-electron chi connectivity index (χ0n) is 21.0. The molecule has 4 unspecified atom stereocenters. The Morgan fingerprint density at radius 2 is 1.22 bits per heavy atom. The molecule has 0 saturated heterocycles. The molecular formula is C22H43N7O6S. The summed E-state index contributed by atoms with van der Waals surface area (Å²) >= 11 is 1.47. The van der Waals surface area contributed by atoms with Gasteiger partial charge in [-0.25, -0.2) is 4.79 Å². The van der Waals surface area contributed by atoms with Crippen molar-refractivity contribution in [1.29, 1.82) is 0 Å². The number of aliphatic carboxylic acids is 1. The van der Waals surface area contributed by atoms with Crippen LogP contribution >= 0.6 is 11.8 Å². The van der Waals surface area contributed by atoms with E-state index in [0.29, 0.717) is 44.5 Å². The minimum atomic E-state index is -1.18. The number of amides is 4. The predicted octanol–water partition coefficient (Wildman–Crippen LogP) is -1.87. The first-order chi connectivity index (χ1) is 17.1. The second-order valence-corrected chi connectivity index (χ2v) is 9.47. The highest BCUT2D eigenvalue weighted by Crippen LogP contribution is 2.08. The second kappa shape index (κ2) is 19.7. The van der Waals surface area contributed by atoms with Gasteiger partial charge in [-0.15, -0.1) is 0 Å². The zero-order valence-corrected chi connectivity index (χ0v) is 21.8. The van der Waals surface area contributed by atoms with E-state index in [4.69, 9.17) is 22.9 Å². The Bertz CT molecular complexity index is 712. The maximum atomic E-state index is 13.1. The highest BCUT2D eigenvalue weighted by Gasteiger charge is 2.30. The minimum absolute atomic E-state index is 0.0306. The lowest BCUT2D eigenvalue weighted by Gasteiger charge is -2.25. The summed E-state index contributed by atoms with van der Waals surface area (Å²) in [5, 5.41) is 17.2. The lowest BCUT2D eigenvalue weighted by atomic mass is 10.0. The molecule has 208 valence electrons. The normalized spacial score (nSPS) is 14.2. The Morgan fingerprint density at radius 3 is 1.69 bits per heavy atom. The number of carboxylic acid groups (broad SMARTS) is 1. The average molecular weight is 534 g/mol. The summed E-state index contributed by atoms with van der Waals surface area (Å²) in [6, 6.07) is -4.14. The fourth-order valence-corrected chi connectivity index (χ4v) is 3.74. The van der Waals surface area contributed by atoms with E-state index in [2.05, 4.69) is 16.0 Å². The number of carbonyl (C=O) groups is 5. The molecule has 0 radical (unpaired) electrons. The lowest BCUT2D eigenvalue weighted by molar-refractivity contribution is -0.142. The van der Waals surface area contributed by atoms with Crippen molar-refractivity contribution >= 4 is 41.4 Å². The second-order valence-electron chi connectivity index (χ2n) is 8.48. The van der Waals surface area contributed by atoms with E-state index in [9.17, 15) is 29.1 Å². The standard InChI is InChI=1S/C22H43N7O6S/c1-36-13-10-16(27-19(31)14(25)8-9-18(26)30)21(33)28-15(6-2-4-11-23)20(32)29-17(22(34)35)7-3-5-12-24/h14-17H,2-13,23-25H2,1H3,(H2,26,30)(H,27,31)(H,28,33)(H,29,32)(H,34,35). The quantitative estimate of drug-likeness (QED) is 0.0763. The molecular weight excluding hydrogens is 490 g/mol. The zero-order chi connectivity index (χ0) is 27.5. The Hall–Kier alpha value is -2.42. The summed E-state index contributed by atoms with van der Waals surface area (Å²) in [4.78, 5) is 61.0. The van der Waals surface area contributed by atoms with Gasteiger partial charge in [0.25, 0.3) is 0 Å². The molecule has 0 bridgehead atoms. The first-order valence-electron chi connectivity index (χ1n) is 12.1. The Kier molecular flexibility index (Phi) is 18.4. The summed E-state index contributed by atoms with van der Waals surface area (Å²) in [7, 11) is 0. The molecule has 14 heteroatoms. The van der Waals surface area contributed by atoms with Gasteiger partial charge in [-0.3, -0.25) is 19.2 Å². The van der Waals surface area contributed by atoms with Gasteiger partial charge in [-0.2, -0.15) is 11.8 Å². The summed E-state index contributed by atoms with van der Waals surface area (Å²) in [6.45, 7) is 0.808. The number of primary amides is 1. The molecule has 0 heterocycles. The maximum absolute atomic E-state index is 13.1. The fraction of sp³-hybridized carbons (Fsp3) is 0.773. The van der Waals surface area contributed by atoms with Crippen LogP contribution in [0.15, 0.2) is 0 Å². The topological polar surface area (TPSA) is 246 Å². The van der Waals surface area contributed by atoms with E-state index < -0.39 is 53.8 Å². The number of carbonyl (C=O) groups excluding carboxylic acids is 4. The summed E-state index contributed by atoms with van der Waals surface area (Å²) in [5.74, 6) is -3.07. The molecule has 4 atom stereocenters. The van der Waals surface area contributed by atoms with Crippen molar-refractivity contribution in [2.24, 2.45) is 22.9 Å². The van der Waals surface area contributed by atoms with Crippen LogP contribution in [0.2, 0.25) is 0 Å². The molecule has 13 nitrogen and oxygen atoms in total. The molecule has 0 saturated carbocycles. The molecule has 0 aliphatic heterocycles. The lowest BCUT2D eigenvalue weighted by Crippen LogP contribution is -2.57. The van der Waals surface area contributed by atoms with Gasteiger partial charge in [-0.1, -0.05) is 0 Å². The molecule has 0 rings (SSSR count). The Labute approximate surface area is 216 Å². The van der Waals surface area contributed by atoms with Crippen LogP contribution in [0.25, 0.3) is 0 Å². The highest BCUT2D eigenvalue weighted by atomic mass is 32.2. The number of rotatable bonds is 21. The van der Waals surface area contributed by atoms with Gasteiger partial charge < -0.3 is 44.0 Å². The van der Waals surface area contributed by atoms with Gasteiger partial charge in [0.2, 0.25) is 23.6 Å². The van der Waals surface area contributed by atoms with E-state index >= 15 is 0 Å². The molecule has 0 aromatic heterocycles. The molecule has 0 spiro atoms. The third-order valence-corrected chi connectivity index (χ3v) is 6.07. The summed E-state index contributed by atoms with van der Waals surface area (Å²) in [5.41, 5.74) is 21.9. The van der Waals surface area contributed by atoms with E-state index in [0.717, 1.165) is 0 Å². The van der Waals surface area contributed by atoms with Gasteiger partial charge in [-0.05, 0) is 76.5 Å². The molecule has 4 amide bonds. The monoisotopic (exact) mass is 533 g/mol. The number of carboxylic acids is 1. The SMILES string of the molecule is CSCCC(NC(=O)C(N)CCC(N)=O)C(=O)NC(CCCCN)C(=O)NC(CCCCN)C(=O)O. The van der Waals surface area contributed by atoms with Crippen LogP contribution in [0.3, 0.4) is 0 Å². The van der Waals surface area contributed by atoms with Crippen molar-refractivity contribution in [3.8, 4) is 0 Å². The van der Waals surface area contributed by atoms with E-state index in [1.807, 2.05) is 6.26 Å². The number of thioether (sulfide) groups is 1. The fourth-order valence-electron chi connectivity index (χ4n) is 3.27. The van der Waals surface area contributed by atoms with Crippen LogP contribution in [0.1, 0.15) is 57.8 Å². The Morgan fingerprint density at radius 1 is 0.750 bits per heavy atom. The van der Waals surface area contributed by atoms with Crippen LogP contribution in [0.5, 0.6) is 0 Å². The van der Waals surface area contributed by atoms with Gasteiger partial charge in [0.1, 0.15) is 18.1 Å². The molecule has 0 aromatic rings. The number of nitrogens with two attached hydrogens (primary N) is 4. The number of hydrogen-bond acceptors (Lipinski definition) is 9. The van der Waals surface area contributed by atoms with Crippen molar-refractivity contribution in [2.75, 3.05) is 25.1 Å². The minimum Gasteiger partial charge on any atom is -0.480 e. The highest BCUT2D eigenvalue weighted by molar-refractivity contribution is 7.98. The van der Waals surface area contributed by atoms with Crippen LogP contribution in [-0.2, 0) is 24.0 Å². The molecule has 36 heavy (non-hydrogen) atoms. The van der Waals surface area contributed by atoms with Gasteiger partial charge in [0, 0.05) is 6.42 Å². The van der Waals surface area contributed by atoms with E-state index in [-0.39, 0.29) is 32.1 Å². The number of hydrogen-bond donors (Lipinski definition) is 8. The first-order valence-corrected chi connectivity index (χ1v) is 13.5. The summed E-state index contributed by atoms with van der Waals surface area (Å²) < 4.78 is 0. The number of nitrogens with one attached hydrogen (secondary N) is 3. The third-order valence-electron chi connectivity index (χ3n) is 5.42. The van der Waals surface area contributed by atoms with Crippen LogP contribution in [-0.4, -0.2) is 84.0 Å². The van der Waals surface area contributed by atoms with Crippen molar-refractivity contribution in [2.45, 2.75) is 82.0 Å². The van der Waals surface area contributed by atoms with Gasteiger partial charge >= 0.3 is 5.97 Å². The molecule has 0 aliphatic carbocycles. The van der Waals surface area contributed by atoms with E-state index in [1.54, 1.807) is 0 Å². The average Bonchev–Trinajstić information content (AvgIpc) is 2.83. The van der Waals surface area contributed by atoms with Crippen molar-refractivity contribution < 1.29 is 29.1 Å².